The van der Waals surface area contributed by atoms with Crippen LogP contribution in [-0.4, -0.2) is 44.0 Å². The Morgan fingerprint density at radius 3 is 2.61 bits per heavy atom. The van der Waals surface area contributed by atoms with Crippen molar-refractivity contribution >= 4 is 15.9 Å². The van der Waals surface area contributed by atoms with E-state index in [1.54, 1.807) is 0 Å². The lowest BCUT2D eigenvalue weighted by molar-refractivity contribution is -0.126. The van der Waals surface area contributed by atoms with Crippen LogP contribution in [0.15, 0.2) is 0 Å². The third-order valence-corrected chi connectivity index (χ3v) is 6.76. The zero-order valence-corrected chi connectivity index (χ0v) is 15.8. The average Bonchev–Trinajstić information content (AvgIpc) is 2.55. The van der Waals surface area contributed by atoms with Crippen LogP contribution in [0.4, 0.5) is 0 Å². The highest BCUT2D eigenvalue weighted by molar-refractivity contribution is 7.89. The van der Waals surface area contributed by atoms with E-state index in [1.165, 1.54) is 17.1 Å². The van der Waals surface area contributed by atoms with Crippen LogP contribution in [0, 0.1) is 11.8 Å². The molecule has 0 spiro atoms. The molecule has 1 saturated heterocycles. The Morgan fingerprint density at radius 2 is 2.00 bits per heavy atom. The van der Waals surface area contributed by atoms with Gasteiger partial charge in [0.05, 0.1) is 11.7 Å². The predicted molar refractivity (Wildman–Crippen MR) is 94.7 cm³/mol. The van der Waals surface area contributed by atoms with Crippen molar-refractivity contribution in [3.8, 4) is 0 Å². The summed E-state index contributed by atoms with van der Waals surface area (Å²) in [5.41, 5.74) is 0. The molecule has 1 fully saturated rings. The van der Waals surface area contributed by atoms with E-state index in [0.29, 0.717) is 32.0 Å². The number of hydrogen-bond donors (Lipinski definition) is 1. The first-order valence-electron chi connectivity index (χ1n) is 9.20. The molecule has 0 aliphatic carbocycles. The molecule has 1 rings (SSSR count). The van der Waals surface area contributed by atoms with Crippen LogP contribution in [0.25, 0.3) is 0 Å². The third kappa shape index (κ3) is 6.79. The van der Waals surface area contributed by atoms with Crippen LogP contribution in [0.2, 0.25) is 0 Å². The lowest BCUT2D eigenvalue weighted by Crippen LogP contribution is -2.46. The Morgan fingerprint density at radius 1 is 1.26 bits per heavy atom. The van der Waals surface area contributed by atoms with E-state index in [2.05, 4.69) is 19.2 Å². The Kier molecular flexibility index (Phi) is 9.14. The number of piperidine rings is 1. The van der Waals surface area contributed by atoms with Gasteiger partial charge in [-0.25, -0.2) is 12.7 Å². The number of carbonyl (C=O) groups excluding carboxylic acids is 1. The SMILES string of the molecule is CCCC[C@H](CC)CNC(=O)[C@@H]1CCCN(S(=O)(=O)CCC)C1. The minimum Gasteiger partial charge on any atom is -0.356 e. The minimum absolute atomic E-state index is 0.0244. The fourth-order valence-corrected chi connectivity index (χ4v) is 4.72. The first-order valence-corrected chi connectivity index (χ1v) is 10.8. The first kappa shape index (κ1) is 20.4. The molecule has 0 aromatic rings. The van der Waals surface area contributed by atoms with Gasteiger partial charge in [0, 0.05) is 19.6 Å². The predicted octanol–water partition coefficient (Wildman–Crippen LogP) is 2.77. The molecule has 2 atom stereocenters. The Bertz CT molecular complexity index is 451. The molecular weight excluding hydrogens is 312 g/mol. The van der Waals surface area contributed by atoms with Crippen molar-refractivity contribution in [1.82, 2.24) is 9.62 Å². The highest BCUT2D eigenvalue weighted by atomic mass is 32.2. The molecule has 0 bridgehead atoms. The van der Waals surface area contributed by atoms with Crippen LogP contribution < -0.4 is 5.32 Å². The minimum atomic E-state index is -3.19. The normalized spacial score (nSPS) is 21.1. The van der Waals surface area contributed by atoms with E-state index in [1.807, 2.05) is 6.92 Å². The maximum Gasteiger partial charge on any atom is 0.224 e. The van der Waals surface area contributed by atoms with Crippen LogP contribution in [0.5, 0.6) is 0 Å². The molecule has 0 saturated carbocycles. The van der Waals surface area contributed by atoms with Crippen molar-refractivity contribution in [3.05, 3.63) is 0 Å². The number of sulfonamides is 1. The summed E-state index contributed by atoms with van der Waals surface area (Å²) in [5.74, 6) is 0.536. The van der Waals surface area contributed by atoms with Crippen LogP contribution in [0.1, 0.15) is 65.7 Å². The second-order valence-corrected chi connectivity index (χ2v) is 8.76. The van der Waals surface area contributed by atoms with Gasteiger partial charge in [0.15, 0.2) is 0 Å². The highest BCUT2D eigenvalue weighted by Crippen LogP contribution is 2.20. The van der Waals surface area contributed by atoms with Gasteiger partial charge in [-0.1, -0.05) is 40.0 Å². The monoisotopic (exact) mass is 346 g/mol. The van der Waals surface area contributed by atoms with Gasteiger partial charge in [-0.05, 0) is 31.6 Å². The molecule has 6 heteroatoms. The number of amides is 1. The zero-order valence-electron chi connectivity index (χ0n) is 15.0. The van der Waals surface area contributed by atoms with Crippen LogP contribution in [0.3, 0.4) is 0 Å². The molecule has 0 aromatic carbocycles. The van der Waals surface area contributed by atoms with Crippen molar-refractivity contribution in [2.24, 2.45) is 11.8 Å². The van der Waals surface area contributed by atoms with Crippen LogP contribution in [-0.2, 0) is 14.8 Å². The molecule has 1 heterocycles. The smallest absolute Gasteiger partial charge is 0.224 e. The molecule has 0 aromatic heterocycles. The van der Waals surface area contributed by atoms with Gasteiger partial charge in [-0.15, -0.1) is 0 Å². The maximum atomic E-state index is 12.4. The Labute approximate surface area is 142 Å². The summed E-state index contributed by atoms with van der Waals surface area (Å²) in [4.78, 5) is 12.4. The van der Waals surface area contributed by atoms with E-state index in [0.717, 1.165) is 25.7 Å². The fraction of sp³-hybridized carbons (Fsp3) is 0.941. The van der Waals surface area contributed by atoms with Crippen molar-refractivity contribution in [2.75, 3.05) is 25.4 Å². The molecule has 1 aliphatic rings. The van der Waals surface area contributed by atoms with E-state index in [4.69, 9.17) is 0 Å². The number of hydrogen-bond acceptors (Lipinski definition) is 3. The number of carbonyl (C=O) groups is 1. The molecule has 5 nitrogen and oxygen atoms in total. The van der Waals surface area contributed by atoms with E-state index < -0.39 is 10.0 Å². The lowest BCUT2D eigenvalue weighted by atomic mass is 9.96. The maximum absolute atomic E-state index is 12.4. The second kappa shape index (κ2) is 10.3. The summed E-state index contributed by atoms with van der Waals surface area (Å²) in [6.07, 6.45) is 6.77. The Hall–Kier alpha value is -0.620. The first-order chi connectivity index (χ1) is 10.9. The summed E-state index contributed by atoms with van der Waals surface area (Å²) in [6.45, 7) is 7.82. The standard InChI is InChI=1S/C17H34N2O3S/c1-4-7-9-15(6-3)13-18-17(20)16-10-8-11-19(14-16)23(21,22)12-5-2/h15-16H,4-14H2,1-3H3,(H,18,20)/t15-,16+/m0/s1. The van der Waals surface area contributed by atoms with E-state index in [-0.39, 0.29) is 17.6 Å². The van der Waals surface area contributed by atoms with Crippen molar-refractivity contribution in [1.29, 1.82) is 0 Å². The quantitative estimate of drug-likeness (QED) is 0.661. The van der Waals surface area contributed by atoms with Gasteiger partial charge in [0.2, 0.25) is 15.9 Å². The molecule has 0 unspecified atom stereocenters. The number of nitrogens with one attached hydrogen (secondary N) is 1. The average molecular weight is 347 g/mol. The second-order valence-electron chi connectivity index (χ2n) is 6.67. The number of nitrogens with zero attached hydrogens (tertiary/aromatic N) is 1. The van der Waals surface area contributed by atoms with E-state index >= 15 is 0 Å². The van der Waals surface area contributed by atoms with Gasteiger partial charge in [0.25, 0.3) is 0 Å². The van der Waals surface area contributed by atoms with Crippen molar-refractivity contribution in [2.45, 2.75) is 65.7 Å². The van der Waals surface area contributed by atoms with Crippen molar-refractivity contribution < 1.29 is 13.2 Å². The lowest BCUT2D eigenvalue weighted by Gasteiger charge is -2.31. The highest BCUT2D eigenvalue weighted by Gasteiger charge is 2.31. The van der Waals surface area contributed by atoms with Crippen LogP contribution >= 0.6 is 0 Å². The number of rotatable bonds is 10. The van der Waals surface area contributed by atoms with Gasteiger partial charge >= 0.3 is 0 Å². The molecule has 0 radical (unpaired) electrons. The summed E-state index contributed by atoms with van der Waals surface area (Å²) >= 11 is 0. The van der Waals surface area contributed by atoms with Gasteiger partial charge in [-0.2, -0.15) is 0 Å². The number of unbranched alkanes of at least 4 members (excludes halogenated alkanes) is 1. The summed E-state index contributed by atoms with van der Waals surface area (Å²) < 4.78 is 25.9. The zero-order chi connectivity index (χ0) is 17.3. The molecule has 1 amide bonds. The third-order valence-electron chi connectivity index (χ3n) is 4.72. The summed E-state index contributed by atoms with van der Waals surface area (Å²) in [7, 11) is -3.19. The molecule has 23 heavy (non-hydrogen) atoms. The molecule has 1 N–H and O–H groups in total. The Balaban J connectivity index is 2.49. The van der Waals surface area contributed by atoms with Gasteiger partial charge < -0.3 is 5.32 Å². The van der Waals surface area contributed by atoms with Gasteiger partial charge in [-0.3, -0.25) is 4.79 Å². The molecule has 136 valence electrons. The van der Waals surface area contributed by atoms with E-state index in [9.17, 15) is 13.2 Å². The molecule has 1 aliphatic heterocycles. The summed E-state index contributed by atoms with van der Waals surface area (Å²) in [5, 5.41) is 3.06. The van der Waals surface area contributed by atoms with Gasteiger partial charge in [0.1, 0.15) is 0 Å². The topological polar surface area (TPSA) is 66.5 Å². The fourth-order valence-electron chi connectivity index (χ4n) is 3.13. The molecular formula is C17H34N2O3S. The summed E-state index contributed by atoms with van der Waals surface area (Å²) in [6, 6.07) is 0. The van der Waals surface area contributed by atoms with Crippen molar-refractivity contribution in [3.63, 3.8) is 0 Å². The largest absolute Gasteiger partial charge is 0.356 e.